The summed E-state index contributed by atoms with van der Waals surface area (Å²) in [6.07, 6.45) is 1.10. The average Bonchev–Trinajstić information content (AvgIpc) is 3.02. The minimum absolute atomic E-state index is 0.218. The Labute approximate surface area is 182 Å². The summed E-state index contributed by atoms with van der Waals surface area (Å²) in [6.45, 7) is 4.36. The Morgan fingerprint density at radius 2 is 1.84 bits per heavy atom. The van der Waals surface area contributed by atoms with Gasteiger partial charge in [-0.05, 0) is 31.9 Å². The van der Waals surface area contributed by atoms with Gasteiger partial charge in [0.05, 0.1) is 50.2 Å². The molecule has 0 aliphatic heterocycles. The summed E-state index contributed by atoms with van der Waals surface area (Å²) < 4.78 is 12.4. The van der Waals surface area contributed by atoms with Crippen LogP contribution in [0.1, 0.15) is 40.2 Å². The second kappa shape index (κ2) is 10.5. The molecule has 31 heavy (non-hydrogen) atoms. The lowest BCUT2D eigenvalue weighted by atomic mass is 10.1. The standard InChI is InChI=1S/C22H29N5O4/c1-14-16(15(2)27(25-14)11-7-10-23)8-9-21(28)24-18-13-20(31-6)19(30-5)12-17(18)22(29)26(3)4/h12-13H,7-9,11H2,1-6H3,(H,24,28). The molecule has 1 heterocycles. The second-order valence-electron chi connectivity index (χ2n) is 7.28. The number of amides is 2. The van der Waals surface area contributed by atoms with Crippen LogP contribution in [0.3, 0.4) is 0 Å². The summed E-state index contributed by atoms with van der Waals surface area (Å²) in [7, 11) is 6.26. The summed E-state index contributed by atoms with van der Waals surface area (Å²) in [5.74, 6) is 0.325. The minimum Gasteiger partial charge on any atom is -0.493 e. The Kier molecular flexibility index (Phi) is 8.02. The zero-order valence-corrected chi connectivity index (χ0v) is 18.9. The third kappa shape index (κ3) is 5.54. The number of nitrogens with zero attached hydrogens (tertiary/aromatic N) is 4. The first kappa shape index (κ1) is 23.7. The first-order valence-corrected chi connectivity index (χ1v) is 9.90. The molecule has 9 nitrogen and oxygen atoms in total. The van der Waals surface area contributed by atoms with E-state index in [1.165, 1.54) is 19.1 Å². The zero-order chi connectivity index (χ0) is 23.1. The molecular formula is C22H29N5O4. The highest BCUT2D eigenvalue weighted by Crippen LogP contribution is 2.34. The van der Waals surface area contributed by atoms with Gasteiger partial charge >= 0.3 is 0 Å². The molecule has 0 saturated heterocycles. The van der Waals surface area contributed by atoms with Crippen molar-refractivity contribution in [2.75, 3.05) is 33.6 Å². The molecule has 2 rings (SSSR count). The van der Waals surface area contributed by atoms with Crippen LogP contribution in [-0.2, 0) is 17.8 Å². The van der Waals surface area contributed by atoms with Gasteiger partial charge in [0.25, 0.3) is 5.91 Å². The van der Waals surface area contributed by atoms with Gasteiger partial charge in [0.15, 0.2) is 11.5 Å². The van der Waals surface area contributed by atoms with Crippen molar-refractivity contribution in [3.05, 3.63) is 34.6 Å². The summed E-state index contributed by atoms with van der Waals surface area (Å²) >= 11 is 0. The van der Waals surface area contributed by atoms with Crippen molar-refractivity contribution in [2.45, 2.75) is 39.7 Å². The molecule has 0 aliphatic carbocycles. The molecule has 0 atom stereocenters. The van der Waals surface area contributed by atoms with Gasteiger partial charge in [0, 0.05) is 32.3 Å². The van der Waals surface area contributed by atoms with Crippen LogP contribution in [0.2, 0.25) is 0 Å². The maximum absolute atomic E-state index is 12.7. The summed E-state index contributed by atoms with van der Waals surface area (Å²) in [5.41, 5.74) is 3.46. The van der Waals surface area contributed by atoms with Crippen LogP contribution in [0.5, 0.6) is 11.5 Å². The molecule has 0 bridgehead atoms. The lowest BCUT2D eigenvalue weighted by Crippen LogP contribution is -2.24. The number of aryl methyl sites for hydroxylation is 2. The van der Waals surface area contributed by atoms with E-state index in [1.807, 2.05) is 13.8 Å². The molecule has 2 amide bonds. The number of aromatic nitrogens is 2. The van der Waals surface area contributed by atoms with Crippen LogP contribution >= 0.6 is 0 Å². The van der Waals surface area contributed by atoms with E-state index in [0.29, 0.717) is 42.1 Å². The fraction of sp³-hybridized carbons (Fsp3) is 0.455. The monoisotopic (exact) mass is 427 g/mol. The van der Waals surface area contributed by atoms with Crippen molar-refractivity contribution >= 4 is 17.5 Å². The van der Waals surface area contributed by atoms with Gasteiger partial charge in [-0.15, -0.1) is 0 Å². The molecule has 0 radical (unpaired) electrons. The first-order valence-electron chi connectivity index (χ1n) is 9.90. The maximum Gasteiger partial charge on any atom is 0.255 e. The minimum atomic E-state index is -0.262. The van der Waals surface area contributed by atoms with Crippen molar-refractivity contribution < 1.29 is 19.1 Å². The predicted molar refractivity (Wildman–Crippen MR) is 116 cm³/mol. The largest absolute Gasteiger partial charge is 0.493 e. The number of hydrogen-bond acceptors (Lipinski definition) is 6. The predicted octanol–water partition coefficient (Wildman–Crippen LogP) is 2.70. The molecule has 166 valence electrons. The van der Waals surface area contributed by atoms with E-state index >= 15 is 0 Å². The van der Waals surface area contributed by atoms with E-state index < -0.39 is 0 Å². The first-order chi connectivity index (χ1) is 14.7. The van der Waals surface area contributed by atoms with Gasteiger partial charge in [0.1, 0.15) is 0 Å². The summed E-state index contributed by atoms with van der Waals surface area (Å²) in [4.78, 5) is 26.8. The van der Waals surface area contributed by atoms with Crippen LogP contribution in [0.15, 0.2) is 12.1 Å². The third-order valence-electron chi connectivity index (χ3n) is 5.00. The van der Waals surface area contributed by atoms with E-state index in [2.05, 4.69) is 16.5 Å². The number of anilines is 1. The number of methoxy groups -OCH3 is 2. The molecule has 1 aromatic carbocycles. The van der Waals surface area contributed by atoms with Crippen molar-refractivity contribution in [3.63, 3.8) is 0 Å². The summed E-state index contributed by atoms with van der Waals surface area (Å²) in [5, 5.41) is 16.1. The molecule has 0 spiro atoms. The Morgan fingerprint density at radius 3 is 2.42 bits per heavy atom. The highest BCUT2D eigenvalue weighted by Gasteiger charge is 2.20. The molecule has 0 unspecified atom stereocenters. The van der Waals surface area contributed by atoms with Gasteiger partial charge in [0.2, 0.25) is 5.91 Å². The number of ether oxygens (including phenoxy) is 2. The molecule has 1 aromatic heterocycles. The van der Waals surface area contributed by atoms with E-state index in [1.54, 1.807) is 30.9 Å². The number of hydrogen-bond donors (Lipinski definition) is 1. The van der Waals surface area contributed by atoms with E-state index in [0.717, 1.165) is 17.0 Å². The molecule has 0 saturated carbocycles. The number of nitrogens with one attached hydrogen (secondary N) is 1. The van der Waals surface area contributed by atoms with E-state index in [4.69, 9.17) is 14.7 Å². The van der Waals surface area contributed by atoms with Gasteiger partial charge in [-0.1, -0.05) is 0 Å². The molecule has 0 aliphatic rings. The van der Waals surface area contributed by atoms with Gasteiger partial charge < -0.3 is 19.7 Å². The van der Waals surface area contributed by atoms with Crippen LogP contribution in [0.4, 0.5) is 5.69 Å². The van der Waals surface area contributed by atoms with E-state index in [-0.39, 0.29) is 18.2 Å². The van der Waals surface area contributed by atoms with Gasteiger partial charge in [-0.25, -0.2) is 0 Å². The average molecular weight is 428 g/mol. The highest BCUT2D eigenvalue weighted by atomic mass is 16.5. The smallest absolute Gasteiger partial charge is 0.255 e. The number of benzene rings is 1. The fourth-order valence-electron chi connectivity index (χ4n) is 3.32. The van der Waals surface area contributed by atoms with Crippen LogP contribution in [0, 0.1) is 25.2 Å². The quantitative estimate of drug-likeness (QED) is 0.659. The highest BCUT2D eigenvalue weighted by molar-refractivity contribution is 6.04. The Balaban J connectivity index is 2.21. The molecular weight excluding hydrogens is 398 g/mol. The van der Waals surface area contributed by atoms with Crippen LogP contribution < -0.4 is 14.8 Å². The van der Waals surface area contributed by atoms with Gasteiger partial charge in [-0.3, -0.25) is 14.3 Å². The van der Waals surface area contributed by atoms with Gasteiger partial charge in [-0.2, -0.15) is 10.4 Å². The molecule has 0 fully saturated rings. The fourth-order valence-corrected chi connectivity index (χ4v) is 3.32. The number of carbonyl (C=O) groups is 2. The normalized spacial score (nSPS) is 10.4. The van der Waals surface area contributed by atoms with Crippen molar-refractivity contribution in [1.29, 1.82) is 5.26 Å². The number of nitriles is 1. The molecule has 9 heteroatoms. The summed E-state index contributed by atoms with van der Waals surface area (Å²) in [6, 6.07) is 5.26. The number of rotatable bonds is 9. The molecule has 2 aromatic rings. The molecule has 1 N–H and O–H groups in total. The lowest BCUT2D eigenvalue weighted by molar-refractivity contribution is -0.116. The SMILES string of the molecule is COc1cc(NC(=O)CCc2c(C)nn(CCC#N)c2C)c(C(=O)N(C)C)cc1OC. The van der Waals surface area contributed by atoms with Crippen molar-refractivity contribution in [1.82, 2.24) is 14.7 Å². The zero-order valence-electron chi connectivity index (χ0n) is 18.9. The van der Waals surface area contributed by atoms with Crippen molar-refractivity contribution in [3.8, 4) is 17.6 Å². The lowest BCUT2D eigenvalue weighted by Gasteiger charge is -2.18. The Bertz CT molecular complexity index is 1000. The maximum atomic E-state index is 12.7. The number of carbonyl (C=O) groups excluding carboxylic acids is 2. The van der Waals surface area contributed by atoms with Crippen molar-refractivity contribution in [2.24, 2.45) is 0 Å². The van der Waals surface area contributed by atoms with Crippen LogP contribution in [0.25, 0.3) is 0 Å². The van der Waals surface area contributed by atoms with Crippen LogP contribution in [-0.4, -0.2) is 54.8 Å². The Morgan fingerprint density at radius 1 is 1.19 bits per heavy atom. The third-order valence-corrected chi connectivity index (χ3v) is 5.00. The second-order valence-corrected chi connectivity index (χ2v) is 7.28. The van der Waals surface area contributed by atoms with E-state index in [9.17, 15) is 9.59 Å². The topological polar surface area (TPSA) is 109 Å². The Hall–Kier alpha value is -3.54.